The Morgan fingerprint density at radius 1 is 0.474 bits per heavy atom. The lowest BCUT2D eigenvalue weighted by molar-refractivity contribution is -0.161. The van der Waals surface area contributed by atoms with E-state index in [0.717, 1.165) is 38.5 Å². The molecule has 338 valence electrons. The molecular weight excluding hydrogens is 745 g/mol. The first kappa shape index (κ1) is 55.5. The molecule has 0 aromatic heterocycles. The average molecular weight is 834 g/mol. The minimum Gasteiger partial charge on any atom is -0.480 e. The summed E-state index contributed by atoms with van der Waals surface area (Å²) in [6.45, 7) is 2.84. The van der Waals surface area contributed by atoms with Crippen molar-refractivity contribution in [3.8, 4) is 0 Å². The number of carboxylic acid groups (broad SMARTS) is 1. The van der Waals surface area contributed by atoms with Crippen LogP contribution in [0.15, 0.2) is 0 Å². The predicted octanol–water partition coefficient (Wildman–Crippen LogP) is 12.7. The number of phosphoric acid groups is 1. The highest BCUT2D eigenvalue weighted by Crippen LogP contribution is 2.43. The molecule has 0 bridgehead atoms. The van der Waals surface area contributed by atoms with Crippen LogP contribution in [-0.2, 0) is 37.5 Å². The van der Waals surface area contributed by atoms with Gasteiger partial charge in [0, 0.05) is 12.8 Å². The molecule has 57 heavy (non-hydrogen) atoms. The second-order valence-electron chi connectivity index (χ2n) is 16.3. The lowest BCUT2D eigenvalue weighted by Crippen LogP contribution is -2.34. The molecule has 12 heteroatoms. The Labute approximate surface area is 348 Å². The molecule has 0 saturated heterocycles. The molecule has 0 aliphatic carbocycles. The number of carbonyl (C=O) groups excluding carboxylic acids is 2. The molecule has 3 atom stereocenters. The Morgan fingerprint density at radius 2 is 0.772 bits per heavy atom. The standard InChI is InChI=1S/C45H88NO10P/c1-3-5-7-9-11-13-15-17-18-19-20-21-22-23-25-26-28-30-32-34-36-43(47)53-38-41(39-54-57(51,52)55-40-42(46)45(49)50)56-44(48)37-35-33-31-29-27-24-16-14-12-10-8-6-4-2/h41-42H,3-40,46H2,1-2H3,(H,49,50)(H,51,52)/t41-,42+/m0/s1. The maximum absolute atomic E-state index is 12.6. The first-order valence-electron chi connectivity index (χ1n) is 23.6. The summed E-state index contributed by atoms with van der Waals surface area (Å²) in [5, 5.41) is 8.89. The van der Waals surface area contributed by atoms with Crippen LogP contribution in [-0.4, -0.2) is 59.9 Å². The maximum atomic E-state index is 12.6. The third-order valence-corrected chi connectivity index (χ3v) is 11.6. The van der Waals surface area contributed by atoms with Gasteiger partial charge in [-0.05, 0) is 12.8 Å². The van der Waals surface area contributed by atoms with Gasteiger partial charge in [-0.1, -0.05) is 213 Å². The van der Waals surface area contributed by atoms with Crippen molar-refractivity contribution in [1.29, 1.82) is 0 Å². The molecule has 0 fully saturated rings. The van der Waals surface area contributed by atoms with Gasteiger partial charge in [-0.2, -0.15) is 0 Å². The van der Waals surface area contributed by atoms with Crippen LogP contribution < -0.4 is 5.73 Å². The van der Waals surface area contributed by atoms with Crippen molar-refractivity contribution in [2.75, 3.05) is 19.8 Å². The summed E-state index contributed by atoms with van der Waals surface area (Å²) < 4.78 is 32.7. The van der Waals surface area contributed by atoms with E-state index >= 15 is 0 Å². The van der Waals surface area contributed by atoms with E-state index in [0.29, 0.717) is 12.8 Å². The van der Waals surface area contributed by atoms with Crippen molar-refractivity contribution in [1.82, 2.24) is 0 Å². The summed E-state index contributed by atoms with van der Waals surface area (Å²) in [7, 11) is -4.71. The molecule has 0 rings (SSSR count). The molecule has 0 aliphatic rings. The topological polar surface area (TPSA) is 172 Å². The number of ether oxygens (including phenoxy) is 2. The molecule has 0 radical (unpaired) electrons. The number of carboxylic acids is 1. The summed E-state index contributed by atoms with van der Waals surface area (Å²) >= 11 is 0. The van der Waals surface area contributed by atoms with Gasteiger partial charge in [0.25, 0.3) is 0 Å². The van der Waals surface area contributed by atoms with Crippen molar-refractivity contribution in [2.24, 2.45) is 5.73 Å². The number of esters is 2. The van der Waals surface area contributed by atoms with Gasteiger partial charge in [-0.15, -0.1) is 0 Å². The highest BCUT2D eigenvalue weighted by Gasteiger charge is 2.28. The van der Waals surface area contributed by atoms with Gasteiger partial charge in [0.15, 0.2) is 6.10 Å². The third kappa shape index (κ3) is 41.0. The number of phosphoric ester groups is 1. The molecule has 1 unspecified atom stereocenters. The Balaban J connectivity index is 4.21. The van der Waals surface area contributed by atoms with Crippen molar-refractivity contribution < 1.29 is 47.5 Å². The summed E-state index contributed by atoms with van der Waals surface area (Å²) in [6, 6.07) is -1.52. The number of carbonyl (C=O) groups is 3. The van der Waals surface area contributed by atoms with E-state index in [1.54, 1.807) is 0 Å². The highest BCUT2D eigenvalue weighted by atomic mass is 31.2. The monoisotopic (exact) mass is 834 g/mol. The van der Waals surface area contributed by atoms with E-state index in [1.807, 2.05) is 0 Å². The zero-order valence-corrected chi connectivity index (χ0v) is 37.6. The van der Waals surface area contributed by atoms with E-state index in [9.17, 15) is 23.8 Å². The molecule has 0 saturated carbocycles. The number of nitrogens with two attached hydrogens (primary N) is 1. The van der Waals surface area contributed by atoms with Gasteiger partial charge < -0.3 is 25.2 Å². The molecule has 0 aromatic carbocycles. The predicted molar refractivity (Wildman–Crippen MR) is 231 cm³/mol. The van der Waals surface area contributed by atoms with Gasteiger partial charge in [0.2, 0.25) is 0 Å². The van der Waals surface area contributed by atoms with Gasteiger partial charge in [0.1, 0.15) is 12.6 Å². The molecule has 0 spiro atoms. The Morgan fingerprint density at radius 3 is 1.11 bits per heavy atom. The third-order valence-electron chi connectivity index (χ3n) is 10.6. The van der Waals surface area contributed by atoms with E-state index in [4.69, 9.17) is 24.8 Å². The maximum Gasteiger partial charge on any atom is 0.472 e. The van der Waals surface area contributed by atoms with Gasteiger partial charge >= 0.3 is 25.7 Å². The zero-order valence-electron chi connectivity index (χ0n) is 36.7. The van der Waals surface area contributed by atoms with Crippen LogP contribution in [0, 0.1) is 0 Å². The number of aliphatic carboxylic acids is 1. The normalized spacial score (nSPS) is 13.6. The molecule has 4 N–H and O–H groups in total. The van der Waals surface area contributed by atoms with Crippen LogP contribution in [0.2, 0.25) is 0 Å². The van der Waals surface area contributed by atoms with E-state index in [1.165, 1.54) is 161 Å². The van der Waals surface area contributed by atoms with Crippen LogP contribution in [0.3, 0.4) is 0 Å². The van der Waals surface area contributed by atoms with Crippen LogP contribution in [0.5, 0.6) is 0 Å². The molecule has 0 amide bonds. The van der Waals surface area contributed by atoms with Crippen molar-refractivity contribution in [3.63, 3.8) is 0 Å². The summed E-state index contributed by atoms with van der Waals surface area (Å²) in [5.41, 5.74) is 5.34. The first-order valence-corrected chi connectivity index (χ1v) is 25.1. The van der Waals surface area contributed by atoms with Gasteiger partial charge in [-0.25, -0.2) is 4.57 Å². The second-order valence-corrected chi connectivity index (χ2v) is 17.7. The fourth-order valence-corrected chi connectivity index (χ4v) is 7.67. The highest BCUT2D eigenvalue weighted by molar-refractivity contribution is 7.47. The number of hydrogen-bond acceptors (Lipinski definition) is 9. The fourth-order valence-electron chi connectivity index (χ4n) is 6.89. The van der Waals surface area contributed by atoms with Crippen LogP contribution >= 0.6 is 7.82 Å². The average Bonchev–Trinajstić information content (AvgIpc) is 3.19. The van der Waals surface area contributed by atoms with Gasteiger partial charge in [0.05, 0.1) is 13.2 Å². The largest absolute Gasteiger partial charge is 0.480 e. The molecular formula is C45H88NO10P. The first-order chi connectivity index (χ1) is 27.6. The van der Waals surface area contributed by atoms with Crippen LogP contribution in [0.25, 0.3) is 0 Å². The Kier molecular flexibility index (Phi) is 40.1. The minimum atomic E-state index is -4.71. The quantitative estimate of drug-likeness (QED) is 0.0303. The molecule has 0 aromatic rings. The lowest BCUT2D eigenvalue weighted by atomic mass is 10.0. The molecule has 0 aliphatic heterocycles. The van der Waals surface area contributed by atoms with E-state index < -0.39 is 51.1 Å². The van der Waals surface area contributed by atoms with Crippen LogP contribution in [0.1, 0.15) is 239 Å². The summed E-state index contributed by atoms with van der Waals surface area (Å²) in [5.74, 6) is -2.36. The molecule has 0 heterocycles. The van der Waals surface area contributed by atoms with Crippen LogP contribution in [0.4, 0.5) is 0 Å². The van der Waals surface area contributed by atoms with Crippen molar-refractivity contribution in [3.05, 3.63) is 0 Å². The number of unbranched alkanes of at least 4 members (excludes halogenated alkanes) is 31. The SMILES string of the molecule is CCCCCCCCCCCCCCCCCCCCCCC(=O)OC[C@@H](COP(=O)(O)OC[C@@H](N)C(=O)O)OC(=O)CCCCCCCCCCCCCCC. The van der Waals surface area contributed by atoms with Gasteiger partial charge in [-0.3, -0.25) is 23.4 Å². The number of rotatable bonds is 45. The Bertz CT molecular complexity index is 984. The lowest BCUT2D eigenvalue weighted by Gasteiger charge is -2.20. The fraction of sp³-hybridized carbons (Fsp3) is 0.933. The summed E-state index contributed by atoms with van der Waals surface area (Å²) in [6.07, 6.45) is 40.2. The number of hydrogen-bond donors (Lipinski definition) is 3. The van der Waals surface area contributed by atoms with Crippen molar-refractivity contribution in [2.45, 2.75) is 251 Å². The Hall–Kier alpha value is -1.52. The smallest absolute Gasteiger partial charge is 0.472 e. The molecule has 11 nitrogen and oxygen atoms in total. The second kappa shape index (κ2) is 41.2. The van der Waals surface area contributed by atoms with E-state index in [-0.39, 0.29) is 19.4 Å². The summed E-state index contributed by atoms with van der Waals surface area (Å²) in [4.78, 5) is 46.0. The van der Waals surface area contributed by atoms with Crippen molar-refractivity contribution >= 4 is 25.7 Å². The minimum absolute atomic E-state index is 0.169. The zero-order chi connectivity index (χ0) is 42.1. The van der Waals surface area contributed by atoms with E-state index in [2.05, 4.69) is 18.4 Å².